The number of nitrogens with zero attached hydrogens (tertiary/aromatic N) is 1. The summed E-state index contributed by atoms with van der Waals surface area (Å²) in [7, 11) is 0. The van der Waals surface area contributed by atoms with Crippen LogP contribution in [-0.4, -0.2) is 28.1 Å². The normalized spacial score (nSPS) is 37.9. The summed E-state index contributed by atoms with van der Waals surface area (Å²) in [5.74, 6) is 1.16. The van der Waals surface area contributed by atoms with Crippen molar-refractivity contribution in [1.29, 1.82) is 0 Å². The van der Waals surface area contributed by atoms with E-state index in [1.807, 2.05) is 4.90 Å². The van der Waals surface area contributed by atoms with Crippen molar-refractivity contribution in [2.45, 2.75) is 44.4 Å². The van der Waals surface area contributed by atoms with Crippen LogP contribution in [0.2, 0.25) is 0 Å². The highest BCUT2D eigenvalue weighted by Gasteiger charge is 2.56. The average molecular weight is 289 g/mol. The van der Waals surface area contributed by atoms with E-state index < -0.39 is 6.10 Å². The van der Waals surface area contributed by atoms with E-state index in [-0.39, 0.29) is 30.1 Å². The minimum absolute atomic E-state index is 0.0422. The molecule has 4 heteroatoms. The number of hydrogen-bond donors (Lipinski definition) is 1. The zero-order valence-electron chi connectivity index (χ0n) is 11.9. The number of halogens is 1. The van der Waals surface area contributed by atoms with Crippen LogP contribution in [-0.2, 0) is 11.3 Å². The van der Waals surface area contributed by atoms with Crippen molar-refractivity contribution in [2.75, 3.05) is 0 Å². The van der Waals surface area contributed by atoms with Gasteiger partial charge in [-0.15, -0.1) is 0 Å². The molecule has 1 aromatic carbocycles. The molecule has 2 bridgehead atoms. The second-order valence-electron chi connectivity index (χ2n) is 6.82. The summed E-state index contributed by atoms with van der Waals surface area (Å²) in [4.78, 5) is 14.3. The molecular formula is C17H20FNO2. The van der Waals surface area contributed by atoms with Gasteiger partial charge in [0.25, 0.3) is 0 Å². The molecule has 0 aromatic heterocycles. The van der Waals surface area contributed by atoms with Crippen molar-refractivity contribution >= 4 is 5.91 Å². The van der Waals surface area contributed by atoms with Gasteiger partial charge < -0.3 is 10.0 Å². The summed E-state index contributed by atoms with van der Waals surface area (Å²) in [6.45, 7) is 0.538. The molecule has 0 spiro atoms. The van der Waals surface area contributed by atoms with E-state index in [1.165, 1.54) is 25.0 Å². The lowest BCUT2D eigenvalue weighted by Gasteiger charge is -2.46. The molecule has 1 heterocycles. The van der Waals surface area contributed by atoms with Crippen molar-refractivity contribution in [1.82, 2.24) is 4.90 Å². The van der Waals surface area contributed by atoms with Gasteiger partial charge in [0.2, 0.25) is 5.91 Å². The monoisotopic (exact) mass is 289 g/mol. The molecule has 0 radical (unpaired) electrons. The Morgan fingerprint density at radius 1 is 1.19 bits per heavy atom. The van der Waals surface area contributed by atoms with Gasteiger partial charge in [0, 0.05) is 18.5 Å². The molecule has 3 fully saturated rings. The Labute approximate surface area is 123 Å². The third-order valence-electron chi connectivity index (χ3n) is 5.71. The summed E-state index contributed by atoms with van der Waals surface area (Å²) < 4.78 is 13.0. The summed E-state index contributed by atoms with van der Waals surface area (Å²) >= 11 is 0. The molecule has 21 heavy (non-hydrogen) atoms. The van der Waals surface area contributed by atoms with Crippen molar-refractivity contribution in [3.63, 3.8) is 0 Å². The Bertz CT molecular complexity index is 558. The first-order chi connectivity index (χ1) is 10.1. The Hall–Kier alpha value is -1.42. The fraction of sp³-hybridized carbons (Fsp3) is 0.588. The third kappa shape index (κ3) is 2.08. The van der Waals surface area contributed by atoms with Crippen LogP contribution in [0.4, 0.5) is 4.39 Å². The molecule has 1 aromatic rings. The van der Waals surface area contributed by atoms with Crippen molar-refractivity contribution in [3.05, 3.63) is 35.6 Å². The summed E-state index contributed by atoms with van der Waals surface area (Å²) in [6, 6.07) is 6.56. The van der Waals surface area contributed by atoms with Crippen LogP contribution in [0, 0.1) is 23.6 Å². The summed E-state index contributed by atoms with van der Waals surface area (Å²) in [5.41, 5.74) is 0.961. The first-order valence-electron chi connectivity index (χ1n) is 7.85. The lowest BCUT2D eigenvalue weighted by atomic mass is 9.76. The first-order valence-corrected chi connectivity index (χ1v) is 7.85. The van der Waals surface area contributed by atoms with Gasteiger partial charge in [-0.25, -0.2) is 4.39 Å². The largest absolute Gasteiger partial charge is 0.392 e. The van der Waals surface area contributed by atoms with Crippen LogP contribution < -0.4 is 0 Å². The number of aliphatic hydroxyl groups excluding tert-OH is 1. The van der Waals surface area contributed by atoms with E-state index in [1.54, 1.807) is 12.1 Å². The lowest BCUT2D eigenvalue weighted by Crippen LogP contribution is -2.56. The van der Waals surface area contributed by atoms with Gasteiger partial charge in [0.1, 0.15) is 5.82 Å². The highest BCUT2D eigenvalue weighted by atomic mass is 19.1. The molecule has 112 valence electrons. The van der Waals surface area contributed by atoms with Gasteiger partial charge in [-0.2, -0.15) is 0 Å². The molecule has 1 N–H and O–H groups in total. The number of likely N-dealkylation sites (tertiary alicyclic amines) is 1. The number of benzene rings is 1. The van der Waals surface area contributed by atoms with E-state index in [2.05, 4.69) is 0 Å². The van der Waals surface area contributed by atoms with E-state index in [4.69, 9.17) is 0 Å². The van der Waals surface area contributed by atoms with Crippen LogP contribution in [0.5, 0.6) is 0 Å². The Balaban J connectivity index is 1.61. The number of aliphatic hydroxyl groups is 1. The van der Waals surface area contributed by atoms with Crippen LogP contribution in [0.15, 0.2) is 24.3 Å². The van der Waals surface area contributed by atoms with Gasteiger partial charge in [-0.3, -0.25) is 4.79 Å². The van der Waals surface area contributed by atoms with Crippen LogP contribution in [0.3, 0.4) is 0 Å². The van der Waals surface area contributed by atoms with Crippen LogP contribution >= 0.6 is 0 Å². The molecular weight excluding hydrogens is 269 g/mol. The summed E-state index contributed by atoms with van der Waals surface area (Å²) in [5, 5.41) is 10.3. The molecule has 4 rings (SSSR count). The molecule has 1 amide bonds. The second kappa shape index (κ2) is 4.80. The fourth-order valence-corrected chi connectivity index (χ4v) is 4.89. The standard InChI is InChI=1S/C17H20FNO2/c18-13-5-1-10(2-6-13)9-19-15(21)8-14(20)16-11-3-4-12(7-11)17(16)19/h1-2,5-6,11-12,14,16-17,20H,3-4,7-9H2/t11-,12+,14?,16+,17+/m1/s1. The number of hydrogen-bond acceptors (Lipinski definition) is 2. The number of amides is 1. The van der Waals surface area contributed by atoms with Gasteiger partial charge in [-0.05, 0) is 48.8 Å². The highest BCUT2D eigenvalue weighted by Crippen LogP contribution is 2.54. The molecule has 5 atom stereocenters. The smallest absolute Gasteiger partial charge is 0.225 e. The lowest BCUT2D eigenvalue weighted by molar-refractivity contribution is -0.149. The molecule has 1 aliphatic heterocycles. The maximum absolute atomic E-state index is 13.0. The Morgan fingerprint density at radius 2 is 1.90 bits per heavy atom. The quantitative estimate of drug-likeness (QED) is 0.908. The minimum atomic E-state index is -0.470. The third-order valence-corrected chi connectivity index (χ3v) is 5.71. The van der Waals surface area contributed by atoms with Gasteiger partial charge in [-0.1, -0.05) is 12.1 Å². The van der Waals surface area contributed by atoms with Gasteiger partial charge in [0.15, 0.2) is 0 Å². The van der Waals surface area contributed by atoms with Crippen LogP contribution in [0.25, 0.3) is 0 Å². The molecule has 1 saturated heterocycles. The Kier molecular flexibility index (Phi) is 3.03. The molecule has 2 saturated carbocycles. The maximum atomic E-state index is 13.0. The molecule has 3 aliphatic rings. The van der Waals surface area contributed by atoms with Gasteiger partial charge >= 0.3 is 0 Å². The first kappa shape index (κ1) is 13.3. The zero-order valence-corrected chi connectivity index (χ0v) is 11.9. The average Bonchev–Trinajstić information content (AvgIpc) is 3.06. The van der Waals surface area contributed by atoms with E-state index >= 15 is 0 Å². The van der Waals surface area contributed by atoms with E-state index in [9.17, 15) is 14.3 Å². The molecule has 1 unspecified atom stereocenters. The number of carbonyl (C=O) groups is 1. The van der Waals surface area contributed by atoms with Crippen LogP contribution in [0.1, 0.15) is 31.2 Å². The molecule has 3 nitrogen and oxygen atoms in total. The highest BCUT2D eigenvalue weighted by molar-refractivity contribution is 5.78. The number of fused-ring (bicyclic) bond motifs is 5. The SMILES string of the molecule is O=C1CC(O)[C@@H]2[C@@H]3CC[C@@H](C3)[C@@H]2N1Cc1ccc(F)cc1. The maximum Gasteiger partial charge on any atom is 0.225 e. The second-order valence-corrected chi connectivity index (χ2v) is 6.82. The van der Waals surface area contributed by atoms with Gasteiger partial charge in [0.05, 0.1) is 12.5 Å². The zero-order chi connectivity index (χ0) is 14.6. The van der Waals surface area contributed by atoms with E-state index in [0.29, 0.717) is 18.4 Å². The number of piperidine rings is 1. The van der Waals surface area contributed by atoms with E-state index in [0.717, 1.165) is 12.0 Å². The minimum Gasteiger partial charge on any atom is -0.392 e. The number of rotatable bonds is 2. The number of carbonyl (C=O) groups excluding carboxylic acids is 1. The van der Waals surface area contributed by atoms with Crippen molar-refractivity contribution in [3.8, 4) is 0 Å². The fourth-order valence-electron chi connectivity index (χ4n) is 4.89. The van der Waals surface area contributed by atoms with Crippen molar-refractivity contribution < 1.29 is 14.3 Å². The summed E-state index contributed by atoms with van der Waals surface area (Å²) in [6.07, 6.45) is 3.29. The van der Waals surface area contributed by atoms with Crippen molar-refractivity contribution in [2.24, 2.45) is 17.8 Å². The predicted octanol–water partition coefficient (Wildman–Crippen LogP) is 2.33. The topological polar surface area (TPSA) is 40.5 Å². The predicted molar refractivity (Wildman–Crippen MR) is 75.7 cm³/mol. The Morgan fingerprint density at radius 3 is 2.67 bits per heavy atom. The molecule has 2 aliphatic carbocycles.